The van der Waals surface area contributed by atoms with Gasteiger partial charge in [-0.25, -0.2) is 0 Å². The number of hydrogen-bond donors (Lipinski definition) is 0. The fraction of sp³-hybridized carbons (Fsp3) is 0.400. The third-order valence-corrected chi connectivity index (χ3v) is 5.26. The minimum absolute atomic E-state index is 0.829. The number of ether oxygens (including phenoxy) is 1. The summed E-state index contributed by atoms with van der Waals surface area (Å²) in [5.41, 5.74) is 0. The average molecular weight is 312 g/mol. The van der Waals surface area contributed by atoms with E-state index in [1.165, 1.54) is 52.3 Å². The summed E-state index contributed by atoms with van der Waals surface area (Å²) in [6.45, 7) is 3.09. The van der Waals surface area contributed by atoms with Gasteiger partial charge in [-0.3, -0.25) is 0 Å². The van der Waals surface area contributed by atoms with E-state index in [1.807, 2.05) is 11.3 Å². The molecule has 1 heterocycles. The zero-order chi connectivity index (χ0) is 15.2. The van der Waals surface area contributed by atoms with Crippen molar-refractivity contribution >= 4 is 31.5 Å². The third kappa shape index (κ3) is 3.44. The second-order valence-corrected chi connectivity index (χ2v) is 6.93. The van der Waals surface area contributed by atoms with E-state index in [1.54, 1.807) is 0 Å². The van der Waals surface area contributed by atoms with Crippen LogP contribution in [-0.4, -0.2) is 6.61 Å². The zero-order valence-electron chi connectivity index (χ0n) is 13.3. The van der Waals surface area contributed by atoms with E-state index in [2.05, 4.69) is 49.4 Å². The molecule has 0 radical (unpaired) electrons. The van der Waals surface area contributed by atoms with Gasteiger partial charge in [0, 0.05) is 20.2 Å². The van der Waals surface area contributed by atoms with Gasteiger partial charge in [-0.15, -0.1) is 11.3 Å². The first-order valence-corrected chi connectivity index (χ1v) is 9.25. The van der Waals surface area contributed by atoms with Gasteiger partial charge in [0.25, 0.3) is 0 Å². The van der Waals surface area contributed by atoms with Gasteiger partial charge in [-0.2, -0.15) is 0 Å². The van der Waals surface area contributed by atoms with Gasteiger partial charge < -0.3 is 4.74 Å². The van der Waals surface area contributed by atoms with Crippen molar-refractivity contribution in [2.75, 3.05) is 6.61 Å². The molecular weight excluding hydrogens is 288 g/mol. The number of hydrogen-bond acceptors (Lipinski definition) is 2. The van der Waals surface area contributed by atoms with Crippen LogP contribution in [0.2, 0.25) is 0 Å². The molecule has 0 atom stereocenters. The highest BCUT2D eigenvalue weighted by Gasteiger charge is 2.09. The van der Waals surface area contributed by atoms with Crippen LogP contribution in [0.3, 0.4) is 0 Å². The highest BCUT2D eigenvalue weighted by atomic mass is 32.1. The molecule has 3 aromatic rings. The Morgan fingerprint density at radius 3 is 2.50 bits per heavy atom. The Kier molecular flexibility index (Phi) is 5.33. The fourth-order valence-electron chi connectivity index (χ4n) is 2.93. The molecule has 0 bridgehead atoms. The molecule has 0 unspecified atom stereocenters. The quantitative estimate of drug-likeness (QED) is 0.416. The van der Waals surface area contributed by atoms with Crippen LogP contribution in [0, 0.1) is 0 Å². The van der Waals surface area contributed by atoms with Gasteiger partial charge in [-0.1, -0.05) is 63.3 Å². The highest BCUT2D eigenvalue weighted by molar-refractivity contribution is 7.25. The first-order valence-electron chi connectivity index (χ1n) is 8.43. The second-order valence-electron chi connectivity index (χ2n) is 5.84. The molecule has 2 heteroatoms. The molecule has 0 aliphatic heterocycles. The average Bonchev–Trinajstić information content (AvgIpc) is 2.93. The Morgan fingerprint density at radius 2 is 1.59 bits per heavy atom. The lowest BCUT2D eigenvalue weighted by Gasteiger charge is -2.08. The number of thiophene rings is 1. The monoisotopic (exact) mass is 312 g/mol. The first-order chi connectivity index (χ1) is 10.9. The molecule has 1 nitrogen and oxygen atoms in total. The van der Waals surface area contributed by atoms with Crippen LogP contribution < -0.4 is 4.74 Å². The lowest BCUT2D eigenvalue weighted by molar-refractivity contribution is 0.308. The topological polar surface area (TPSA) is 9.23 Å². The summed E-state index contributed by atoms with van der Waals surface area (Å²) < 4.78 is 8.76. The van der Waals surface area contributed by atoms with Gasteiger partial charge in [-0.05, 0) is 24.6 Å². The lowest BCUT2D eigenvalue weighted by Crippen LogP contribution is -1.97. The zero-order valence-corrected chi connectivity index (χ0v) is 14.1. The molecule has 0 amide bonds. The van der Waals surface area contributed by atoms with Gasteiger partial charge in [0.2, 0.25) is 0 Å². The van der Waals surface area contributed by atoms with Crippen molar-refractivity contribution in [1.29, 1.82) is 0 Å². The maximum Gasteiger partial charge on any atom is 0.128 e. The van der Waals surface area contributed by atoms with Gasteiger partial charge >= 0.3 is 0 Å². The molecule has 0 saturated heterocycles. The summed E-state index contributed by atoms with van der Waals surface area (Å²) in [7, 11) is 0. The summed E-state index contributed by atoms with van der Waals surface area (Å²) in [6, 6.07) is 15.0. The van der Waals surface area contributed by atoms with Crippen molar-refractivity contribution in [3.05, 3.63) is 42.5 Å². The summed E-state index contributed by atoms with van der Waals surface area (Å²) in [5, 5.41) is 2.61. The van der Waals surface area contributed by atoms with Crippen molar-refractivity contribution < 1.29 is 4.74 Å². The van der Waals surface area contributed by atoms with Gasteiger partial charge in [0.15, 0.2) is 0 Å². The number of benzene rings is 2. The summed E-state index contributed by atoms with van der Waals surface area (Å²) in [4.78, 5) is 0. The van der Waals surface area contributed by atoms with E-state index in [4.69, 9.17) is 4.74 Å². The second kappa shape index (κ2) is 7.64. The molecule has 2 aromatic carbocycles. The Labute approximate surface area is 136 Å². The molecule has 0 spiro atoms. The normalized spacial score (nSPS) is 11.3. The molecule has 0 saturated carbocycles. The van der Waals surface area contributed by atoms with E-state index in [0.717, 1.165) is 18.8 Å². The largest absolute Gasteiger partial charge is 0.493 e. The van der Waals surface area contributed by atoms with Gasteiger partial charge in [0.05, 0.1) is 6.61 Å². The maximum absolute atomic E-state index is 6.10. The third-order valence-electron chi connectivity index (χ3n) is 4.12. The van der Waals surface area contributed by atoms with Crippen LogP contribution in [0.4, 0.5) is 0 Å². The Hall–Kier alpha value is -1.54. The van der Waals surface area contributed by atoms with Crippen molar-refractivity contribution in [2.45, 2.75) is 45.4 Å². The van der Waals surface area contributed by atoms with Crippen molar-refractivity contribution in [3.63, 3.8) is 0 Å². The molecule has 0 N–H and O–H groups in total. The Bertz CT molecular complexity index is 729. The number of rotatable bonds is 8. The Balaban J connectivity index is 1.66. The van der Waals surface area contributed by atoms with Crippen LogP contribution in [-0.2, 0) is 0 Å². The first kappa shape index (κ1) is 15.4. The van der Waals surface area contributed by atoms with Gasteiger partial charge in [0.1, 0.15) is 5.75 Å². The predicted molar refractivity (Wildman–Crippen MR) is 98.2 cm³/mol. The van der Waals surface area contributed by atoms with Crippen LogP contribution in [0.1, 0.15) is 45.4 Å². The molecular formula is C20H24OS. The SMILES string of the molecule is CCCCCCCCOc1cccc2sc3ccccc3c12. The van der Waals surface area contributed by atoms with Crippen LogP contribution >= 0.6 is 11.3 Å². The Morgan fingerprint density at radius 1 is 0.818 bits per heavy atom. The van der Waals surface area contributed by atoms with E-state index < -0.39 is 0 Å². The predicted octanol–water partition coefficient (Wildman–Crippen LogP) is 6.79. The summed E-state index contributed by atoms with van der Waals surface area (Å²) in [6.07, 6.45) is 7.80. The summed E-state index contributed by atoms with van der Waals surface area (Å²) in [5.74, 6) is 1.04. The minimum atomic E-state index is 0.829. The highest BCUT2D eigenvalue weighted by Crippen LogP contribution is 2.39. The smallest absolute Gasteiger partial charge is 0.128 e. The molecule has 0 aliphatic rings. The van der Waals surface area contributed by atoms with E-state index in [9.17, 15) is 0 Å². The van der Waals surface area contributed by atoms with E-state index in [0.29, 0.717) is 0 Å². The standard InChI is InChI=1S/C20H24OS/c1-2-3-4-5-6-9-15-21-17-12-10-14-19-20(17)16-11-7-8-13-18(16)22-19/h7-8,10-14H,2-6,9,15H2,1H3. The van der Waals surface area contributed by atoms with Crippen LogP contribution in [0.5, 0.6) is 5.75 Å². The molecule has 116 valence electrons. The molecule has 0 fully saturated rings. The van der Waals surface area contributed by atoms with E-state index >= 15 is 0 Å². The molecule has 0 aliphatic carbocycles. The number of unbranched alkanes of at least 4 members (excludes halogenated alkanes) is 5. The summed E-state index contributed by atoms with van der Waals surface area (Å²) >= 11 is 1.85. The lowest BCUT2D eigenvalue weighted by atomic mass is 10.1. The molecule has 22 heavy (non-hydrogen) atoms. The van der Waals surface area contributed by atoms with E-state index in [-0.39, 0.29) is 0 Å². The molecule has 1 aromatic heterocycles. The van der Waals surface area contributed by atoms with Crippen LogP contribution in [0.15, 0.2) is 42.5 Å². The number of fused-ring (bicyclic) bond motifs is 3. The fourth-order valence-corrected chi connectivity index (χ4v) is 4.05. The minimum Gasteiger partial charge on any atom is -0.493 e. The van der Waals surface area contributed by atoms with Crippen molar-refractivity contribution in [3.8, 4) is 5.75 Å². The maximum atomic E-state index is 6.10. The van der Waals surface area contributed by atoms with Crippen molar-refractivity contribution in [2.24, 2.45) is 0 Å². The molecule has 3 rings (SSSR count). The van der Waals surface area contributed by atoms with Crippen LogP contribution in [0.25, 0.3) is 20.2 Å². The van der Waals surface area contributed by atoms with Crippen molar-refractivity contribution in [1.82, 2.24) is 0 Å².